The molecule has 5 heteroatoms. The van der Waals surface area contributed by atoms with Crippen LogP contribution in [0.25, 0.3) is 0 Å². The van der Waals surface area contributed by atoms with Gasteiger partial charge in [-0.1, -0.05) is 22.0 Å². The Labute approximate surface area is 132 Å². The maximum absolute atomic E-state index is 5.44. The number of halogens is 1. The van der Waals surface area contributed by atoms with Crippen LogP contribution in [-0.4, -0.2) is 13.9 Å². The van der Waals surface area contributed by atoms with Gasteiger partial charge in [0, 0.05) is 16.7 Å². The number of hydrogen-bond donors (Lipinski definition) is 1. The van der Waals surface area contributed by atoms with Gasteiger partial charge in [0.05, 0.1) is 7.11 Å². The summed E-state index contributed by atoms with van der Waals surface area (Å²) in [5.74, 6) is 2.12. The highest BCUT2D eigenvalue weighted by Gasteiger charge is 2.19. The predicted molar refractivity (Wildman–Crippen MR) is 85.3 cm³/mol. The summed E-state index contributed by atoms with van der Waals surface area (Å²) < 4.78 is 17.3. The molecular weight excluding hydrogens is 334 g/mol. The normalized spacial score (nSPS) is 12.3. The van der Waals surface area contributed by atoms with E-state index in [-0.39, 0.29) is 6.79 Å². The van der Waals surface area contributed by atoms with Gasteiger partial charge in [0.15, 0.2) is 11.5 Å². The van der Waals surface area contributed by atoms with E-state index in [9.17, 15) is 0 Å². The molecule has 4 nitrogen and oxygen atoms in total. The predicted octanol–water partition coefficient (Wildman–Crippen LogP) is 4.11. The molecule has 0 amide bonds. The van der Waals surface area contributed by atoms with Crippen LogP contribution in [0.1, 0.15) is 11.1 Å². The zero-order chi connectivity index (χ0) is 14.8. The van der Waals surface area contributed by atoms with Gasteiger partial charge >= 0.3 is 0 Å². The first kappa shape index (κ1) is 14.1. The molecule has 0 radical (unpaired) electrons. The molecule has 1 aliphatic heterocycles. The van der Waals surface area contributed by atoms with Gasteiger partial charge in [-0.2, -0.15) is 0 Å². The average Bonchev–Trinajstić information content (AvgIpc) is 2.96. The second-order valence-electron chi connectivity index (χ2n) is 4.80. The summed E-state index contributed by atoms with van der Waals surface area (Å²) in [6.07, 6.45) is 0. The van der Waals surface area contributed by atoms with Crippen molar-refractivity contribution in [2.75, 3.05) is 19.2 Å². The van der Waals surface area contributed by atoms with E-state index in [0.29, 0.717) is 18.0 Å². The van der Waals surface area contributed by atoms with Crippen LogP contribution in [0.4, 0.5) is 5.69 Å². The zero-order valence-electron chi connectivity index (χ0n) is 11.9. The fourth-order valence-corrected chi connectivity index (χ4v) is 2.65. The average molecular weight is 350 g/mol. The molecule has 0 aromatic heterocycles. The number of benzene rings is 2. The molecule has 1 N–H and O–H groups in total. The number of rotatable bonds is 4. The summed E-state index contributed by atoms with van der Waals surface area (Å²) in [6, 6.07) is 10.0. The van der Waals surface area contributed by atoms with Crippen molar-refractivity contribution in [1.82, 2.24) is 0 Å². The Bertz CT molecular complexity index is 673. The Morgan fingerprint density at radius 1 is 1.29 bits per heavy atom. The smallest absolute Gasteiger partial charge is 0.231 e. The Kier molecular flexibility index (Phi) is 3.92. The van der Waals surface area contributed by atoms with Crippen LogP contribution in [0.5, 0.6) is 17.2 Å². The van der Waals surface area contributed by atoms with Crippen molar-refractivity contribution < 1.29 is 14.2 Å². The third kappa shape index (κ3) is 2.78. The van der Waals surface area contributed by atoms with Crippen molar-refractivity contribution in [3.63, 3.8) is 0 Å². The molecule has 0 spiro atoms. The lowest BCUT2D eigenvalue weighted by Crippen LogP contribution is -2.02. The number of fused-ring (bicyclic) bond motifs is 1. The Morgan fingerprint density at radius 3 is 2.95 bits per heavy atom. The van der Waals surface area contributed by atoms with Crippen LogP contribution in [-0.2, 0) is 6.54 Å². The van der Waals surface area contributed by atoms with E-state index < -0.39 is 0 Å². The SMILES string of the molecule is COc1cc(CNc2cccc(Br)c2C)cc2c1OCO2. The van der Waals surface area contributed by atoms with Gasteiger partial charge < -0.3 is 19.5 Å². The molecule has 110 valence electrons. The van der Waals surface area contributed by atoms with E-state index in [1.807, 2.05) is 24.3 Å². The summed E-state index contributed by atoms with van der Waals surface area (Å²) in [5, 5.41) is 3.43. The lowest BCUT2D eigenvalue weighted by molar-refractivity contribution is 0.171. The van der Waals surface area contributed by atoms with Gasteiger partial charge in [-0.15, -0.1) is 0 Å². The van der Waals surface area contributed by atoms with Crippen molar-refractivity contribution in [3.05, 3.63) is 45.9 Å². The third-order valence-electron chi connectivity index (χ3n) is 3.47. The summed E-state index contributed by atoms with van der Waals surface area (Å²) in [4.78, 5) is 0. The number of ether oxygens (including phenoxy) is 3. The molecule has 0 unspecified atom stereocenters. The summed E-state index contributed by atoms with van der Waals surface area (Å²) in [5.41, 5.74) is 3.36. The molecule has 0 saturated heterocycles. The minimum absolute atomic E-state index is 0.243. The monoisotopic (exact) mass is 349 g/mol. The topological polar surface area (TPSA) is 39.7 Å². The maximum atomic E-state index is 5.44. The summed E-state index contributed by atoms with van der Waals surface area (Å²) in [7, 11) is 1.63. The van der Waals surface area contributed by atoms with Crippen LogP contribution in [0.15, 0.2) is 34.8 Å². The van der Waals surface area contributed by atoms with E-state index in [1.165, 1.54) is 5.56 Å². The van der Waals surface area contributed by atoms with Crippen LogP contribution >= 0.6 is 15.9 Å². The lowest BCUT2D eigenvalue weighted by atomic mass is 10.1. The highest BCUT2D eigenvalue weighted by atomic mass is 79.9. The first-order valence-corrected chi connectivity index (χ1v) is 7.44. The highest BCUT2D eigenvalue weighted by Crippen LogP contribution is 2.42. The quantitative estimate of drug-likeness (QED) is 0.901. The molecule has 21 heavy (non-hydrogen) atoms. The largest absolute Gasteiger partial charge is 0.493 e. The minimum Gasteiger partial charge on any atom is -0.493 e. The molecule has 0 atom stereocenters. The number of anilines is 1. The van der Waals surface area contributed by atoms with Crippen LogP contribution in [0.2, 0.25) is 0 Å². The van der Waals surface area contributed by atoms with Crippen LogP contribution < -0.4 is 19.5 Å². The molecule has 2 aromatic carbocycles. The van der Waals surface area contributed by atoms with Crippen LogP contribution in [0.3, 0.4) is 0 Å². The van der Waals surface area contributed by atoms with Gasteiger partial charge in [0.1, 0.15) is 0 Å². The minimum atomic E-state index is 0.243. The Balaban J connectivity index is 1.81. The molecule has 0 saturated carbocycles. The molecule has 3 rings (SSSR count). The summed E-state index contributed by atoms with van der Waals surface area (Å²) in [6.45, 7) is 3.00. The van der Waals surface area contributed by atoms with E-state index in [2.05, 4.69) is 34.2 Å². The molecule has 0 fully saturated rings. The fraction of sp³-hybridized carbons (Fsp3) is 0.250. The Hall–Kier alpha value is -1.88. The van der Waals surface area contributed by atoms with E-state index >= 15 is 0 Å². The molecule has 1 heterocycles. The first-order valence-electron chi connectivity index (χ1n) is 6.64. The third-order valence-corrected chi connectivity index (χ3v) is 4.33. The van der Waals surface area contributed by atoms with Gasteiger partial charge in [-0.25, -0.2) is 0 Å². The molecular formula is C16H16BrNO3. The second kappa shape index (κ2) is 5.85. The summed E-state index contributed by atoms with van der Waals surface area (Å²) >= 11 is 3.54. The van der Waals surface area contributed by atoms with Gasteiger partial charge in [0.25, 0.3) is 0 Å². The molecule has 1 aliphatic rings. The van der Waals surface area contributed by atoms with Crippen molar-refractivity contribution >= 4 is 21.6 Å². The number of hydrogen-bond acceptors (Lipinski definition) is 4. The standard InChI is InChI=1S/C16H16BrNO3/c1-10-12(17)4-3-5-13(10)18-8-11-6-14(19-2)16-15(7-11)20-9-21-16/h3-7,18H,8-9H2,1-2H3. The number of nitrogens with one attached hydrogen (secondary N) is 1. The van der Waals surface area contributed by atoms with E-state index in [4.69, 9.17) is 14.2 Å². The fourth-order valence-electron chi connectivity index (χ4n) is 2.28. The van der Waals surface area contributed by atoms with Crippen molar-refractivity contribution in [2.24, 2.45) is 0 Å². The number of methoxy groups -OCH3 is 1. The van der Waals surface area contributed by atoms with Gasteiger partial charge in [-0.3, -0.25) is 0 Å². The van der Waals surface area contributed by atoms with Crippen molar-refractivity contribution in [2.45, 2.75) is 13.5 Å². The molecule has 0 bridgehead atoms. The zero-order valence-corrected chi connectivity index (χ0v) is 13.5. The van der Waals surface area contributed by atoms with Crippen LogP contribution in [0, 0.1) is 6.92 Å². The first-order chi connectivity index (χ1) is 10.2. The van der Waals surface area contributed by atoms with E-state index in [0.717, 1.165) is 21.5 Å². The van der Waals surface area contributed by atoms with Gasteiger partial charge in [0.2, 0.25) is 12.5 Å². The Morgan fingerprint density at radius 2 is 2.14 bits per heavy atom. The molecule has 0 aliphatic carbocycles. The molecule has 2 aromatic rings. The van der Waals surface area contributed by atoms with Crippen molar-refractivity contribution in [1.29, 1.82) is 0 Å². The second-order valence-corrected chi connectivity index (χ2v) is 5.65. The highest BCUT2D eigenvalue weighted by molar-refractivity contribution is 9.10. The van der Waals surface area contributed by atoms with Crippen molar-refractivity contribution in [3.8, 4) is 17.2 Å². The van der Waals surface area contributed by atoms with Gasteiger partial charge in [-0.05, 0) is 42.3 Å². The van der Waals surface area contributed by atoms with E-state index in [1.54, 1.807) is 7.11 Å². The lowest BCUT2D eigenvalue weighted by Gasteiger charge is -2.12. The maximum Gasteiger partial charge on any atom is 0.231 e.